The van der Waals surface area contributed by atoms with E-state index in [1.807, 2.05) is 101 Å². The van der Waals surface area contributed by atoms with E-state index in [1.165, 1.54) is 11.8 Å². The summed E-state index contributed by atoms with van der Waals surface area (Å²) < 4.78 is 13.8. The van der Waals surface area contributed by atoms with Crippen LogP contribution in [0.4, 0.5) is 5.69 Å². The van der Waals surface area contributed by atoms with Gasteiger partial charge >= 0.3 is 0 Å². The number of carbonyl (C=O) groups is 1. The van der Waals surface area contributed by atoms with Gasteiger partial charge in [0.05, 0.1) is 45.6 Å². The second-order valence-corrected chi connectivity index (χ2v) is 22.2. The first-order chi connectivity index (χ1) is 28.6. The summed E-state index contributed by atoms with van der Waals surface area (Å²) in [7, 11) is 0. The van der Waals surface area contributed by atoms with Gasteiger partial charge in [0, 0.05) is 32.3 Å². The maximum atomic E-state index is 13.1. The Morgan fingerprint density at radius 2 is 1.49 bits per heavy atom. The highest BCUT2D eigenvalue weighted by molar-refractivity contribution is 8.03. The SMILES string of the molecule is CC(C)(C)[C@]1(O)C(C)(C)CO[C@@]12ON1C(=C3C(=O)C=CC=C32)Sc2ccccc21.CC(C)(C)[C@]12OO[C@@]1(c1cccc(O)c1-c1nc3ccccc3s1)OCC2(C)C.ClCCl. The Labute approximate surface area is 375 Å². The third kappa shape index (κ3) is 6.11. The zero-order valence-electron chi connectivity index (χ0n) is 36.0. The Bertz CT molecular complexity index is 2490. The van der Waals surface area contributed by atoms with Gasteiger partial charge in [0.2, 0.25) is 0 Å². The average Bonchev–Trinajstić information content (AvgIpc) is 3.86. The monoisotopic (exact) mass is 906 g/mol. The molecule has 3 aromatic carbocycles. The van der Waals surface area contributed by atoms with Crippen LogP contribution in [0.1, 0.15) is 74.8 Å². The van der Waals surface area contributed by atoms with Crippen molar-refractivity contribution in [2.45, 2.75) is 96.9 Å². The number of hydroxylamine groups is 1. The van der Waals surface area contributed by atoms with Gasteiger partial charge in [0.15, 0.2) is 11.4 Å². The largest absolute Gasteiger partial charge is 0.507 e. The number of hydrogen-bond donors (Lipinski definition) is 2. The lowest BCUT2D eigenvalue weighted by Crippen LogP contribution is -2.73. The lowest BCUT2D eigenvalue weighted by molar-refractivity contribution is -0.626. The maximum absolute atomic E-state index is 13.1. The quantitative estimate of drug-likeness (QED) is 0.148. The molecule has 3 fully saturated rings. The molecule has 1 aromatic heterocycles. The van der Waals surface area contributed by atoms with Gasteiger partial charge in [-0.1, -0.05) is 130 Å². The van der Waals surface area contributed by atoms with Gasteiger partial charge in [0.25, 0.3) is 11.6 Å². The summed E-state index contributed by atoms with van der Waals surface area (Å²) in [6, 6.07) is 21.3. The number of ether oxygens (including phenoxy) is 2. The molecule has 0 saturated carbocycles. The van der Waals surface area contributed by atoms with E-state index < -0.39 is 33.6 Å². The molecule has 0 unspecified atom stereocenters. The van der Waals surface area contributed by atoms with E-state index in [9.17, 15) is 15.0 Å². The number of benzene rings is 3. The van der Waals surface area contributed by atoms with Crippen molar-refractivity contribution in [1.82, 2.24) is 4.98 Å². The number of thioether (sulfide) groups is 1. The van der Waals surface area contributed by atoms with Crippen LogP contribution >= 0.6 is 46.3 Å². The summed E-state index contributed by atoms with van der Waals surface area (Å²) in [5.41, 5.74) is 0.409. The fraction of sp³-hybridized carbons (Fsp3) is 0.447. The molecule has 2 N–H and O–H groups in total. The van der Waals surface area contributed by atoms with E-state index in [0.717, 1.165) is 36.4 Å². The van der Waals surface area contributed by atoms with Crippen LogP contribution in [0, 0.1) is 21.7 Å². The summed E-state index contributed by atoms with van der Waals surface area (Å²) in [6.07, 6.45) is 5.12. The minimum Gasteiger partial charge on any atom is -0.507 e. The van der Waals surface area contributed by atoms with Crippen molar-refractivity contribution in [1.29, 1.82) is 0 Å². The van der Waals surface area contributed by atoms with Crippen LogP contribution in [-0.4, -0.2) is 56.5 Å². The zero-order chi connectivity index (χ0) is 44.2. The molecule has 61 heavy (non-hydrogen) atoms. The van der Waals surface area contributed by atoms with Gasteiger partial charge in [-0.25, -0.2) is 19.8 Å². The molecule has 0 amide bonds. The number of anilines is 1. The number of allylic oxidation sites excluding steroid dienone is 3. The Kier molecular flexibility index (Phi) is 10.8. The van der Waals surface area contributed by atoms with Crippen molar-refractivity contribution >= 4 is 68.0 Å². The lowest BCUT2D eigenvalue weighted by atomic mass is 9.57. The van der Waals surface area contributed by atoms with Crippen molar-refractivity contribution in [3.05, 3.63) is 107 Å². The molecule has 5 aliphatic heterocycles. The smallest absolute Gasteiger partial charge is 0.262 e. The topological polar surface area (TPSA) is 120 Å². The summed E-state index contributed by atoms with van der Waals surface area (Å²) in [5, 5.41) is 26.6. The zero-order valence-corrected chi connectivity index (χ0v) is 39.2. The predicted octanol–water partition coefficient (Wildman–Crippen LogP) is 11.4. The highest BCUT2D eigenvalue weighted by Gasteiger charge is 2.82. The minimum atomic E-state index is -1.49. The molecule has 4 aromatic rings. The summed E-state index contributed by atoms with van der Waals surface area (Å²) in [5.74, 6) is -2.55. The van der Waals surface area contributed by atoms with Crippen LogP contribution in [0.15, 0.2) is 106 Å². The molecule has 6 heterocycles. The average molecular weight is 908 g/mol. The number of aliphatic hydroxyl groups is 1. The molecule has 6 aliphatic rings. The Hall–Kier alpha value is -3.27. The van der Waals surface area contributed by atoms with Crippen molar-refractivity contribution in [2.75, 3.05) is 23.6 Å². The van der Waals surface area contributed by atoms with Gasteiger partial charge in [-0.05, 0) is 41.8 Å². The number of thiazole rings is 1. The van der Waals surface area contributed by atoms with Crippen LogP contribution in [0.5, 0.6) is 5.75 Å². The molecule has 324 valence electrons. The van der Waals surface area contributed by atoms with Gasteiger partial charge < -0.3 is 19.7 Å². The minimum absolute atomic E-state index is 0.102. The standard InChI is InChI=1S/2C23H25NO4S.CH2Cl2/c1-20(2,3)23(26)21(4,5)13-27-22(23)14-9-8-11-16(25)18(14)19-24(28-22)15-10-6-7-12-17(15)29-19;1-20(2,3)23-21(4,5)13-26-22(23,27-28-23)14-9-8-11-16(25)18(14)19-24-15-10-6-7-12-17(15)29-19;2-1-3/h6-12,26H,13H2,1-5H3;6-12,25H,13H2,1-5H3;1H2/t2*22-,23-;/m01./s1. The number of phenols is 1. The van der Waals surface area contributed by atoms with Gasteiger partial charge in [0.1, 0.15) is 21.4 Å². The van der Waals surface area contributed by atoms with E-state index in [2.05, 4.69) is 34.6 Å². The number of halogens is 2. The van der Waals surface area contributed by atoms with Crippen LogP contribution in [0.3, 0.4) is 0 Å². The van der Waals surface area contributed by atoms with Crippen molar-refractivity contribution in [2.24, 2.45) is 21.7 Å². The van der Waals surface area contributed by atoms with E-state index in [0.29, 0.717) is 29.9 Å². The number of rotatable bonds is 2. The number of nitrogens with zero attached hydrogens (tertiary/aromatic N) is 2. The number of alkyl halides is 2. The second-order valence-electron chi connectivity index (χ2n) is 19.4. The highest BCUT2D eigenvalue weighted by atomic mass is 35.5. The molecule has 1 aliphatic carbocycles. The number of fused-ring (bicyclic) bond motifs is 7. The molecule has 10 rings (SSSR count). The van der Waals surface area contributed by atoms with Crippen molar-refractivity contribution < 1.29 is 39.1 Å². The summed E-state index contributed by atoms with van der Waals surface area (Å²) >= 11 is 12.6. The van der Waals surface area contributed by atoms with Gasteiger partial charge in [-0.2, -0.15) is 4.89 Å². The first-order valence-corrected chi connectivity index (χ1v) is 22.9. The van der Waals surface area contributed by atoms with Crippen molar-refractivity contribution in [3.63, 3.8) is 0 Å². The molecule has 14 heteroatoms. The van der Waals surface area contributed by atoms with E-state index >= 15 is 0 Å². The van der Waals surface area contributed by atoms with Gasteiger partial charge in [-0.3, -0.25) is 4.79 Å². The normalized spacial score (nSPS) is 29.2. The number of hydrogen-bond acceptors (Lipinski definition) is 12. The molecular formula is C47H52Cl2N2O8S2. The van der Waals surface area contributed by atoms with Crippen LogP contribution in [-0.2, 0) is 34.7 Å². The molecule has 4 atom stereocenters. The number of para-hydroxylation sites is 2. The van der Waals surface area contributed by atoms with E-state index in [-0.39, 0.29) is 27.7 Å². The van der Waals surface area contributed by atoms with Crippen LogP contribution in [0.25, 0.3) is 20.8 Å². The first-order valence-electron chi connectivity index (χ1n) is 20.2. The Balaban J connectivity index is 0.000000158. The number of aromatic hydroxyl groups is 1. The first kappa shape index (κ1) is 44.3. The molecular weight excluding hydrogens is 856 g/mol. The number of ketones is 1. The maximum Gasteiger partial charge on any atom is 0.262 e. The second kappa shape index (κ2) is 14.9. The third-order valence-electron chi connectivity index (χ3n) is 12.8. The lowest BCUT2D eigenvalue weighted by Gasteiger charge is -2.61. The fourth-order valence-electron chi connectivity index (χ4n) is 10.5. The third-order valence-corrected chi connectivity index (χ3v) is 14.9. The molecule has 0 radical (unpaired) electrons. The summed E-state index contributed by atoms with van der Waals surface area (Å²) in [6.45, 7) is 21.4. The van der Waals surface area contributed by atoms with Crippen LogP contribution < -0.4 is 5.06 Å². The highest BCUT2D eigenvalue weighted by Crippen LogP contribution is 2.70. The van der Waals surface area contributed by atoms with Gasteiger partial charge in [-0.15, -0.1) is 34.5 Å². The number of carbonyl (C=O) groups excluding carboxylic acids is 1. The molecule has 0 bridgehead atoms. The summed E-state index contributed by atoms with van der Waals surface area (Å²) in [4.78, 5) is 37.2. The van der Waals surface area contributed by atoms with E-state index in [4.69, 9.17) is 52.3 Å². The molecule has 1 spiro atoms. The Morgan fingerprint density at radius 3 is 2.15 bits per heavy atom. The van der Waals surface area contributed by atoms with E-state index in [1.54, 1.807) is 34.6 Å². The Morgan fingerprint density at radius 1 is 0.836 bits per heavy atom. The molecule has 10 nitrogen and oxygen atoms in total. The number of aromatic nitrogens is 1. The molecule has 3 saturated heterocycles. The predicted molar refractivity (Wildman–Crippen MR) is 241 cm³/mol. The fourth-order valence-corrected chi connectivity index (χ4v) is 12.6. The number of phenolic OH excluding ortho intramolecular Hbond substituents is 1. The van der Waals surface area contributed by atoms with Crippen LogP contribution in [0.2, 0.25) is 0 Å². The van der Waals surface area contributed by atoms with Crippen molar-refractivity contribution in [3.8, 4) is 16.3 Å².